The number of nitrogens with one attached hydrogen (secondary N) is 1. The maximum atomic E-state index is 11.2. The number of H-pyrrole nitrogens is 1. The van der Waals surface area contributed by atoms with Crippen LogP contribution < -0.4 is 5.56 Å². The van der Waals surface area contributed by atoms with Crippen LogP contribution in [0.15, 0.2) is 41.7 Å². The first-order valence-electron chi connectivity index (χ1n) is 5.20. The number of aromatic nitrogens is 4. The van der Waals surface area contributed by atoms with Gasteiger partial charge in [-0.05, 0) is 6.07 Å². The molecule has 0 saturated carbocycles. The Bertz CT molecular complexity index is 741. The minimum absolute atomic E-state index is 0.123. The van der Waals surface area contributed by atoms with Crippen molar-refractivity contribution in [2.24, 2.45) is 7.05 Å². The molecule has 0 unspecified atom stereocenters. The molecule has 3 aromatic rings. The third kappa shape index (κ3) is 1.71. The Morgan fingerprint density at radius 1 is 1.24 bits per heavy atom. The molecule has 3 rings (SSSR count). The van der Waals surface area contributed by atoms with Crippen LogP contribution in [0.1, 0.15) is 0 Å². The standard InChI is InChI=1S/C12H10N4O/c1-16-7-10(5-15-16)9-2-8-3-12(17)14-6-11(8)13-4-9/h2-7H,1H3,(H,14,17). The van der Waals surface area contributed by atoms with Gasteiger partial charge in [-0.15, -0.1) is 0 Å². The van der Waals surface area contributed by atoms with Crippen LogP contribution >= 0.6 is 0 Å². The Morgan fingerprint density at radius 2 is 2.12 bits per heavy atom. The normalized spacial score (nSPS) is 10.9. The summed E-state index contributed by atoms with van der Waals surface area (Å²) in [5.74, 6) is 0. The fourth-order valence-corrected chi connectivity index (χ4v) is 1.78. The molecule has 1 N–H and O–H groups in total. The number of pyridine rings is 2. The van der Waals surface area contributed by atoms with Gasteiger partial charge in [0.25, 0.3) is 0 Å². The van der Waals surface area contributed by atoms with Gasteiger partial charge in [0.1, 0.15) is 0 Å². The maximum absolute atomic E-state index is 11.2. The van der Waals surface area contributed by atoms with Gasteiger partial charge in [-0.2, -0.15) is 5.10 Å². The molecule has 0 aliphatic carbocycles. The van der Waals surface area contributed by atoms with Gasteiger partial charge in [-0.25, -0.2) is 0 Å². The number of aryl methyl sites for hydroxylation is 1. The van der Waals surface area contributed by atoms with E-state index < -0.39 is 0 Å². The lowest BCUT2D eigenvalue weighted by Crippen LogP contribution is -2.02. The molecule has 0 fully saturated rings. The first-order chi connectivity index (χ1) is 8.22. The highest BCUT2D eigenvalue weighted by molar-refractivity contribution is 5.82. The van der Waals surface area contributed by atoms with Crippen LogP contribution in [0.2, 0.25) is 0 Å². The van der Waals surface area contributed by atoms with Crippen LogP contribution in [-0.4, -0.2) is 19.7 Å². The second-order valence-corrected chi connectivity index (χ2v) is 3.90. The van der Waals surface area contributed by atoms with E-state index in [1.165, 1.54) is 0 Å². The minimum Gasteiger partial charge on any atom is -0.327 e. The Kier molecular flexibility index (Phi) is 2.04. The molecule has 0 saturated heterocycles. The Balaban J connectivity index is 2.22. The van der Waals surface area contributed by atoms with Crippen LogP contribution in [0, 0.1) is 0 Å². The zero-order valence-corrected chi connectivity index (χ0v) is 9.21. The van der Waals surface area contributed by atoms with Crippen molar-refractivity contribution in [1.29, 1.82) is 0 Å². The largest absolute Gasteiger partial charge is 0.327 e. The molecule has 3 aromatic heterocycles. The summed E-state index contributed by atoms with van der Waals surface area (Å²) in [6.45, 7) is 0. The molecular weight excluding hydrogens is 216 g/mol. The van der Waals surface area contributed by atoms with E-state index >= 15 is 0 Å². The summed E-state index contributed by atoms with van der Waals surface area (Å²) in [6.07, 6.45) is 7.08. The molecule has 5 nitrogen and oxygen atoms in total. The minimum atomic E-state index is -0.123. The van der Waals surface area contributed by atoms with Gasteiger partial charge < -0.3 is 4.98 Å². The Hall–Kier alpha value is -2.43. The molecule has 3 heterocycles. The van der Waals surface area contributed by atoms with E-state index in [0.29, 0.717) is 0 Å². The highest BCUT2D eigenvalue weighted by Crippen LogP contribution is 2.20. The second kappa shape index (κ2) is 3.55. The van der Waals surface area contributed by atoms with E-state index in [0.717, 1.165) is 22.0 Å². The van der Waals surface area contributed by atoms with E-state index in [2.05, 4.69) is 15.1 Å². The summed E-state index contributed by atoms with van der Waals surface area (Å²) >= 11 is 0. The molecule has 17 heavy (non-hydrogen) atoms. The van der Waals surface area contributed by atoms with Crippen molar-refractivity contribution < 1.29 is 0 Å². The average Bonchev–Trinajstić information content (AvgIpc) is 2.75. The maximum Gasteiger partial charge on any atom is 0.248 e. The molecule has 0 amide bonds. The lowest BCUT2D eigenvalue weighted by molar-refractivity contribution is 0.768. The zero-order chi connectivity index (χ0) is 11.8. The molecule has 0 spiro atoms. The highest BCUT2D eigenvalue weighted by atomic mass is 16.1. The molecule has 84 valence electrons. The van der Waals surface area contributed by atoms with Crippen molar-refractivity contribution in [1.82, 2.24) is 19.7 Å². The first kappa shape index (κ1) is 9.77. The first-order valence-corrected chi connectivity index (χ1v) is 5.20. The molecule has 0 aliphatic heterocycles. The van der Waals surface area contributed by atoms with Crippen molar-refractivity contribution in [3.63, 3.8) is 0 Å². The van der Waals surface area contributed by atoms with E-state index in [4.69, 9.17) is 0 Å². The van der Waals surface area contributed by atoms with Crippen molar-refractivity contribution in [2.75, 3.05) is 0 Å². The lowest BCUT2D eigenvalue weighted by atomic mass is 10.1. The van der Waals surface area contributed by atoms with E-state index in [1.807, 2.05) is 19.3 Å². The monoisotopic (exact) mass is 226 g/mol. The summed E-state index contributed by atoms with van der Waals surface area (Å²) in [4.78, 5) is 18.1. The number of nitrogens with zero attached hydrogens (tertiary/aromatic N) is 3. The summed E-state index contributed by atoms with van der Waals surface area (Å²) < 4.78 is 1.73. The molecule has 0 aromatic carbocycles. The summed E-state index contributed by atoms with van der Waals surface area (Å²) in [7, 11) is 1.86. The van der Waals surface area contributed by atoms with Gasteiger partial charge in [-0.1, -0.05) is 0 Å². The quantitative estimate of drug-likeness (QED) is 0.680. The van der Waals surface area contributed by atoms with Crippen LogP contribution in [0.3, 0.4) is 0 Å². The fourth-order valence-electron chi connectivity index (χ4n) is 1.78. The Labute approximate surface area is 96.7 Å². The molecule has 0 radical (unpaired) electrons. The van der Waals surface area contributed by atoms with E-state index in [9.17, 15) is 4.79 Å². The molecular formula is C12H10N4O. The van der Waals surface area contributed by atoms with Crippen molar-refractivity contribution >= 4 is 10.9 Å². The van der Waals surface area contributed by atoms with Crippen LogP contribution in [0.25, 0.3) is 22.0 Å². The molecule has 5 heteroatoms. The van der Waals surface area contributed by atoms with Gasteiger partial charge in [0.05, 0.1) is 11.7 Å². The molecule has 0 atom stereocenters. The topological polar surface area (TPSA) is 63.6 Å². The van der Waals surface area contributed by atoms with Crippen LogP contribution in [0.5, 0.6) is 0 Å². The van der Waals surface area contributed by atoms with E-state index in [-0.39, 0.29) is 5.56 Å². The van der Waals surface area contributed by atoms with Gasteiger partial charge in [-0.3, -0.25) is 14.5 Å². The number of hydrogen-bond donors (Lipinski definition) is 1. The third-order valence-electron chi connectivity index (χ3n) is 2.63. The summed E-state index contributed by atoms with van der Waals surface area (Å²) in [6, 6.07) is 3.48. The predicted octanol–water partition coefficient (Wildman–Crippen LogP) is 1.32. The lowest BCUT2D eigenvalue weighted by Gasteiger charge is -1.99. The zero-order valence-electron chi connectivity index (χ0n) is 9.21. The smallest absolute Gasteiger partial charge is 0.248 e. The van der Waals surface area contributed by atoms with Crippen molar-refractivity contribution in [3.05, 3.63) is 47.3 Å². The Morgan fingerprint density at radius 3 is 2.88 bits per heavy atom. The van der Waals surface area contributed by atoms with Gasteiger partial charge in [0.15, 0.2) is 0 Å². The summed E-state index contributed by atoms with van der Waals surface area (Å²) in [5.41, 5.74) is 2.60. The number of hydrogen-bond acceptors (Lipinski definition) is 3. The van der Waals surface area contributed by atoms with Gasteiger partial charge in [0, 0.05) is 48.2 Å². The van der Waals surface area contributed by atoms with Crippen LogP contribution in [-0.2, 0) is 7.05 Å². The molecule has 0 aliphatic rings. The second-order valence-electron chi connectivity index (χ2n) is 3.90. The highest BCUT2D eigenvalue weighted by Gasteiger charge is 2.03. The fraction of sp³-hybridized carbons (Fsp3) is 0.0833. The van der Waals surface area contributed by atoms with Crippen molar-refractivity contribution in [2.45, 2.75) is 0 Å². The number of fused-ring (bicyclic) bond motifs is 1. The average molecular weight is 226 g/mol. The SMILES string of the molecule is Cn1cc(-c2cnc3c[nH]c(=O)cc3c2)cn1. The van der Waals surface area contributed by atoms with Crippen molar-refractivity contribution in [3.8, 4) is 11.1 Å². The number of rotatable bonds is 1. The van der Waals surface area contributed by atoms with E-state index in [1.54, 1.807) is 29.3 Å². The van der Waals surface area contributed by atoms with Crippen LogP contribution in [0.4, 0.5) is 0 Å². The van der Waals surface area contributed by atoms with Gasteiger partial charge >= 0.3 is 0 Å². The molecule has 0 bridgehead atoms. The van der Waals surface area contributed by atoms with Gasteiger partial charge in [0.2, 0.25) is 5.56 Å². The number of aromatic amines is 1. The summed E-state index contributed by atoms with van der Waals surface area (Å²) in [5, 5.41) is 4.94. The third-order valence-corrected chi connectivity index (χ3v) is 2.63. The predicted molar refractivity (Wildman–Crippen MR) is 64.6 cm³/mol.